The summed E-state index contributed by atoms with van der Waals surface area (Å²) in [5.74, 6) is 0. The summed E-state index contributed by atoms with van der Waals surface area (Å²) in [5.41, 5.74) is 6.34. The van der Waals surface area contributed by atoms with E-state index < -0.39 is 11.7 Å². The Morgan fingerprint density at radius 3 is 1.71 bits per heavy atom. The first-order chi connectivity index (χ1) is 23.2. The Morgan fingerprint density at radius 2 is 1.12 bits per heavy atom. The number of nitrogens with zero attached hydrogens (tertiary/aromatic N) is 4. The number of para-hydroxylation sites is 2. The van der Waals surface area contributed by atoms with Gasteiger partial charge in [-0.25, -0.2) is 0 Å². The molecule has 0 saturated heterocycles. The molecule has 0 amide bonds. The minimum absolute atomic E-state index is 0.121. The van der Waals surface area contributed by atoms with Gasteiger partial charge in [0.05, 0.1) is 50.6 Å². The van der Waals surface area contributed by atoms with Crippen molar-refractivity contribution in [2.45, 2.75) is 20.0 Å². The first-order valence-corrected chi connectivity index (χ1v) is 15.4. The Balaban J connectivity index is 1.58. The molecule has 0 aliphatic rings. The molecule has 0 aliphatic carbocycles. The van der Waals surface area contributed by atoms with E-state index in [1.165, 1.54) is 6.07 Å². The van der Waals surface area contributed by atoms with Gasteiger partial charge in [0, 0.05) is 27.1 Å². The van der Waals surface area contributed by atoms with Gasteiger partial charge in [-0.1, -0.05) is 66.7 Å². The predicted octanol–water partition coefficient (Wildman–Crippen LogP) is 10.9. The highest BCUT2D eigenvalue weighted by molar-refractivity contribution is 6.12. The maximum atomic E-state index is 14.2. The lowest BCUT2D eigenvalue weighted by Gasteiger charge is -2.21. The number of alkyl halides is 3. The molecule has 8 aromatic rings. The van der Waals surface area contributed by atoms with Crippen molar-refractivity contribution in [2.75, 3.05) is 0 Å². The largest absolute Gasteiger partial charge is 0.416 e. The average Bonchev–Trinajstić information content (AvgIpc) is 3.58. The summed E-state index contributed by atoms with van der Waals surface area (Å²) in [5, 5.41) is 24.9. The Labute approximate surface area is 273 Å². The van der Waals surface area contributed by atoms with Crippen molar-refractivity contribution < 1.29 is 13.2 Å². The molecule has 230 valence electrons. The first-order valence-electron chi connectivity index (χ1n) is 15.4. The molecule has 0 spiro atoms. The summed E-state index contributed by atoms with van der Waals surface area (Å²) in [4.78, 5) is 0. The Hall–Kier alpha value is -6.31. The molecular formula is C41H25F3N4. The fourth-order valence-electron chi connectivity index (χ4n) is 7.02. The second-order valence-electron chi connectivity index (χ2n) is 12.1. The molecular weight excluding hydrogens is 605 g/mol. The fourth-order valence-corrected chi connectivity index (χ4v) is 7.02. The monoisotopic (exact) mass is 630 g/mol. The molecule has 0 saturated carbocycles. The minimum atomic E-state index is -4.68. The number of aryl methyl sites for hydroxylation is 2. The molecule has 0 bridgehead atoms. The van der Waals surface area contributed by atoms with Crippen LogP contribution in [0.5, 0.6) is 0 Å². The molecule has 0 atom stereocenters. The van der Waals surface area contributed by atoms with Crippen LogP contribution in [-0.4, -0.2) is 9.13 Å². The molecule has 0 N–H and O–H groups in total. The van der Waals surface area contributed by atoms with Gasteiger partial charge in [-0.3, -0.25) is 0 Å². The molecule has 6 aromatic carbocycles. The summed E-state index contributed by atoms with van der Waals surface area (Å²) >= 11 is 0. The molecule has 4 nitrogen and oxygen atoms in total. The van der Waals surface area contributed by atoms with E-state index in [1.54, 1.807) is 12.1 Å². The van der Waals surface area contributed by atoms with E-state index in [9.17, 15) is 23.7 Å². The molecule has 2 aromatic heterocycles. The van der Waals surface area contributed by atoms with Gasteiger partial charge in [0.1, 0.15) is 11.6 Å². The first kappa shape index (κ1) is 29.1. The van der Waals surface area contributed by atoms with Gasteiger partial charge in [0.15, 0.2) is 0 Å². The van der Waals surface area contributed by atoms with Crippen LogP contribution >= 0.6 is 0 Å². The summed E-state index contributed by atoms with van der Waals surface area (Å²) in [6.45, 7) is 4.00. The number of hydrogen-bond donors (Lipinski definition) is 0. The van der Waals surface area contributed by atoms with Crippen LogP contribution in [0.4, 0.5) is 13.2 Å². The molecule has 48 heavy (non-hydrogen) atoms. The van der Waals surface area contributed by atoms with Gasteiger partial charge >= 0.3 is 6.18 Å². The summed E-state index contributed by atoms with van der Waals surface area (Å²) < 4.78 is 46.6. The van der Waals surface area contributed by atoms with Crippen molar-refractivity contribution in [3.05, 3.63) is 143 Å². The molecule has 8 rings (SSSR count). The number of halogens is 3. The number of aromatic nitrogens is 2. The van der Waals surface area contributed by atoms with Gasteiger partial charge in [-0.15, -0.1) is 0 Å². The van der Waals surface area contributed by atoms with Crippen LogP contribution < -0.4 is 0 Å². The van der Waals surface area contributed by atoms with Crippen molar-refractivity contribution in [3.8, 4) is 34.6 Å². The summed E-state index contributed by atoms with van der Waals surface area (Å²) in [7, 11) is 0. The van der Waals surface area contributed by atoms with E-state index in [0.29, 0.717) is 16.9 Å². The predicted molar refractivity (Wildman–Crippen MR) is 184 cm³/mol. The zero-order chi connectivity index (χ0) is 33.3. The smallest absolute Gasteiger partial charge is 0.308 e. The normalized spacial score (nSPS) is 11.8. The number of nitriles is 2. The van der Waals surface area contributed by atoms with Gasteiger partial charge < -0.3 is 9.13 Å². The third-order valence-corrected chi connectivity index (χ3v) is 9.09. The molecule has 0 unspecified atom stereocenters. The van der Waals surface area contributed by atoms with Crippen molar-refractivity contribution in [1.82, 2.24) is 9.13 Å². The van der Waals surface area contributed by atoms with Gasteiger partial charge in [-0.2, -0.15) is 23.7 Å². The van der Waals surface area contributed by atoms with Crippen molar-refractivity contribution in [1.29, 1.82) is 10.5 Å². The quantitative estimate of drug-likeness (QED) is 0.195. The Morgan fingerprint density at radius 1 is 0.562 bits per heavy atom. The van der Waals surface area contributed by atoms with Gasteiger partial charge in [0.25, 0.3) is 0 Å². The third-order valence-electron chi connectivity index (χ3n) is 9.09. The average molecular weight is 631 g/mol. The van der Waals surface area contributed by atoms with E-state index in [1.807, 2.05) is 91.2 Å². The topological polar surface area (TPSA) is 57.4 Å². The lowest BCUT2D eigenvalue weighted by Crippen LogP contribution is -2.08. The van der Waals surface area contributed by atoms with E-state index >= 15 is 0 Å². The van der Waals surface area contributed by atoms with Crippen LogP contribution in [0.25, 0.3) is 66.1 Å². The Kier molecular flexibility index (Phi) is 6.44. The van der Waals surface area contributed by atoms with Crippen LogP contribution in [0.15, 0.2) is 115 Å². The fraction of sp³-hybridized carbons (Fsp3) is 0.0732. The van der Waals surface area contributed by atoms with E-state index in [0.717, 1.165) is 66.9 Å². The second kappa shape index (κ2) is 10.6. The highest BCUT2D eigenvalue weighted by Crippen LogP contribution is 2.43. The maximum absolute atomic E-state index is 14.2. The van der Waals surface area contributed by atoms with Gasteiger partial charge in [0.2, 0.25) is 0 Å². The molecule has 7 heteroatoms. The SMILES string of the molecule is Cc1ccc2c3ccccc3n(-c3ccc(-c4cc(C#N)cc(C(F)(F)F)c4)c(-n4c5ccccc5c5ccc(C)cc54)c3C#N)c2c1. The molecule has 2 heterocycles. The van der Waals surface area contributed by atoms with E-state index in [-0.39, 0.29) is 16.7 Å². The number of fused-ring (bicyclic) bond motifs is 6. The highest BCUT2D eigenvalue weighted by atomic mass is 19.4. The van der Waals surface area contributed by atoms with Crippen LogP contribution in [0.1, 0.15) is 27.8 Å². The number of benzene rings is 6. The lowest BCUT2D eigenvalue weighted by molar-refractivity contribution is -0.137. The highest BCUT2D eigenvalue weighted by Gasteiger charge is 2.32. The lowest BCUT2D eigenvalue weighted by atomic mass is 9.95. The standard InChI is InChI=1S/C41H25F3N4/c1-24-11-13-32-30-7-3-5-9-35(30)47(38(32)17-24)37-16-15-29(27-19-26(22-45)20-28(21-27)41(42,43)44)40(34(37)23-46)48-36-10-6-4-8-31(36)33-14-12-25(2)18-39(33)48/h3-21H,1-2H3. The molecule has 0 radical (unpaired) electrons. The number of hydrogen-bond acceptors (Lipinski definition) is 2. The third kappa shape index (κ3) is 4.36. The van der Waals surface area contributed by atoms with E-state index in [2.05, 4.69) is 28.8 Å². The van der Waals surface area contributed by atoms with Crippen molar-refractivity contribution in [3.63, 3.8) is 0 Å². The van der Waals surface area contributed by atoms with Crippen molar-refractivity contribution >= 4 is 43.6 Å². The number of rotatable bonds is 3. The maximum Gasteiger partial charge on any atom is 0.416 e. The van der Waals surface area contributed by atoms with Gasteiger partial charge in [-0.05, 0) is 79.1 Å². The molecule has 0 fully saturated rings. The van der Waals surface area contributed by atoms with Crippen LogP contribution in [0.3, 0.4) is 0 Å². The summed E-state index contributed by atoms with van der Waals surface area (Å²) in [6.07, 6.45) is -4.68. The Bertz CT molecular complexity index is 2710. The second-order valence-corrected chi connectivity index (χ2v) is 12.1. The summed E-state index contributed by atoms with van der Waals surface area (Å²) in [6, 6.07) is 39.4. The zero-order valence-corrected chi connectivity index (χ0v) is 25.9. The zero-order valence-electron chi connectivity index (χ0n) is 25.9. The molecule has 0 aliphatic heterocycles. The van der Waals surface area contributed by atoms with Crippen molar-refractivity contribution in [2.24, 2.45) is 0 Å². The van der Waals surface area contributed by atoms with Crippen LogP contribution in [-0.2, 0) is 6.18 Å². The van der Waals surface area contributed by atoms with Crippen LogP contribution in [0.2, 0.25) is 0 Å². The van der Waals surface area contributed by atoms with E-state index in [4.69, 9.17) is 0 Å². The van der Waals surface area contributed by atoms with Crippen LogP contribution in [0, 0.1) is 36.5 Å². The minimum Gasteiger partial charge on any atom is -0.308 e.